The van der Waals surface area contributed by atoms with E-state index in [9.17, 15) is 0 Å². The van der Waals surface area contributed by atoms with Crippen LogP contribution in [-0.4, -0.2) is 7.05 Å². The van der Waals surface area contributed by atoms with Crippen LogP contribution in [0.15, 0.2) is 24.3 Å². The molecule has 0 saturated carbocycles. The fourth-order valence-electron chi connectivity index (χ4n) is 1.00. The first-order valence-corrected chi connectivity index (χ1v) is 3.13. The third-order valence-corrected chi connectivity index (χ3v) is 1.54. The van der Waals surface area contributed by atoms with E-state index in [4.69, 9.17) is 4.94 Å². The van der Waals surface area contributed by atoms with Crippen molar-refractivity contribution in [3.8, 4) is 0 Å². The first-order chi connectivity index (χ1) is 4.88. The number of anilines is 2. The van der Waals surface area contributed by atoms with Crippen LogP contribution in [0, 0.1) is 0 Å². The molecule has 0 saturated heterocycles. The van der Waals surface area contributed by atoms with Gasteiger partial charge in [-0.3, -0.25) is 0 Å². The Bertz CT molecular complexity index is 249. The van der Waals surface area contributed by atoms with Gasteiger partial charge in [0.15, 0.2) is 0 Å². The second-order valence-electron chi connectivity index (χ2n) is 2.21. The maximum absolute atomic E-state index is 5.01. The summed E-state index contributed by atoms with van der Waals surface area (Å²) in [5.74, 6) is 0. The van der Waals surface area contributed by atoms with E-state index in [1.54, 1.807) is 5.06 Å². The van der Waals surface area contributed by atoms with E-state index < -0.39 is 0 Å². The first kappa shape index (κ1) is 5.56. The van der Waals surface area contributed by atoms with Gasteiger partial charge in [0.1, 0.15) is 0 Å². The van der Waals surface area contributed by atoms with Crippen molar-refractivity contribution in [1.29, 1.82) is 0 Å². The number of hydroxylamine groups is 1. The lowest BCUT2D eigenvalue weighted by molar-refractivity contribution is 0.198. The van der Waals surface area contributed by atoms with E-state index in [-0.39, 0.29) is 0 Å². The van der Waals surface area contributed by atoms with Gasteiger partial charge in [-0.15, -0.1) is 0 Å². The maximum Gasteiger partial charge on any atom is 0.0912 e. The molecule has 0 aliphatic carbocycles. The summed E-state index contributed by atoms with van der Waals surface area (Å²) in [6.45, 7) is 0. The van der Waals surface area contributed by atoms with Gasteiger partial charge in [0.25, 0.3) is 0 Å². The fourth-order valence-corrected chi connectivity index (χ4v) is 1.00. The van der Waals surface area contributed by atoms with Gasteiger partial charge < -0.3 is 0 Å². The van der Waals surface area contributed by atoms with E-state index in [1.165, 1.54) is 0 Å². The quantitative estimate of drug-likeness (QED) is 0.583. The van der Waals surface area contributed by atoms with Crippen LogP contribution in [0.1, 0.15) is 0 Å². The second-order valence-corrected chi connectivity index (χ2v) is 2.21. The zero-order valence-corrected chi connectivity index (χ0v) is 5.66. The molecule has 1 aromatic carbocycles. The van der Waals surface area contributed by atoms with Crippen molar-refractivity contribution < 1.29 is 4.94 Å². The highest BCUT2D eigenvalue weighted by molar-refractivity contribution is 5.70. The van der Waals surface area contributed by atoms with Crippen LogP contribution in [0.2, 0.25) is 0 Å². The zero-order valence-electron chi connectivity index (χ0n) is 5.66. The topological polar surface area (TPSA) is 24.5 Å². The highest BCUT2D eigenvalue weighted by Gasteiger charge is 2.13. The molecule has 0 radical (unpaired) electrons. The summed E-state index contributed by atoms with van der Waals surface area (Å²) in [6.07, 6.45) is 0. The van der Waals surface area contributed by atoms with Crippen LogP contribution in [-0.2, 0) is 4.94 Å². The second kappa shape index (κ2) is 1.88. The molecule has 0 spiro atoms. The molecule has 10 heavy (non-hydrogen) atoms. The number of nitrogens with one attached hydrogen (secondary N) is 1. The van der Waals surface area contributed by atoms with Crippen LogP contribution in [0.3, 0.4) is 0 Å². The van der Waals surface area contributed by atoms with Crippen molar-refractivity contribution in [1.82, 2.24) is 0 Å². The van der Waals surface area contributed by atoms with Crippen molar-refractivity contribution in [3.63, 3.8) is 0 Å². The Morgan fingerprint density at radius 1 is 1.40 bits per heavy atom. The monoisotopic (exact) mass is 136 g/mol. The van der Waals surface area contributed by atoms with Gasteiger partial charge in [-0.2, -0.15) is 4.94 Å². The minimum absolute atomic E-state index is 1.02. The number of rotatable bonds is 0. The van der Waals surface area contributed by atoms with Gasteiger partial charge in [0.2, 0.25) is 0 Å². The smallest absolute Gasteiger partial charge is 0.0912 e. The molecule has 1 heterocycles. The van der Waals surface area contributed by atoms with Crippen molar-refractivity contribution in [3.05, 3.63) is 24.3 Å². The average Bonchev–Trinajstić information content (AvgIpc) is 2.34. The lowest BCUT2D eigenvalue weighted by Crippen LogP contribution is -2.12. The van der Waals surface area contributed by atoms with Crippen LogP contribution in [0.25, 0.3) is 0 Å². The highest BCUT2D eigenvalue weighted by atomic mass is 16.8. The van der Waals surface area contributed by atoms with Crippen molar-refractivity contribution >= 4 is 11.4 Å². The molecule has 1 N–H and O–H groups in total. The Kier molecular flexibility index (Phi) is 1.05. The van der Waals surface area contributed by atoms with Gasteiger partial charge in [-0.1, -0.05) is 12.1 Å². The SMILES string of the molecule is CN1ONc2ccccc21. The van der Waals surface area contributed by atoms with E-state index >= 15 is 0 Å². The summed E-state index contributed by atoms with van der Waals surface area (Å²) in [6, 6.07) is 7.91. The Morgan fingerprint density at radius 2 is 2.20 bits per heavy atom. The number of fused-ring (bicyclic) bond motifs is 1. The van der Waals surface area contributed by atoms with Crippen molar-refractivity contribution in [2.75, 3.05) is 17.6 Å². The molecule has 0 bridgehead atoms. The molecular formula is C7H8N2O. The molecule has 2 rings (SSSR count). The maximum atomic E-state index is 5.01. The molecule has 0 unspecified atom stereocenters. The molecule has 0 aromatic heterocycles. The third kappa shape index (κ3) is 0.642. The molecule has 3 heteroatoms. The van der Waals surface area contributed by atoms with Gasteiger partial charge in [-0.25, -0.2) is 10.5 Å². The Morgan fingerprint density at radius 3 is 3.00 bits per heavy atom. The summed E-state index contributed by atoms with van der Waals surface area (Å²) in [7, 11) is 1.86. The summed E-state index contributed by atoms with van der Waals surface area (Å²) in [5.41, 5.74) is 4.87. The molecule has 0 atom stereocenters. The van der Waals surface area contributed by atoms with Gasteiger partial charge >= 0.3 is 0 Å². The van der Waals surface area contributed by atoms with E-state index in [2.05, 4.69) is 5.48 Å². The molecule has 1 aromatic rings. The number of benzene rings is 1. The normalized spacial score (nSPS) is 14.7. The van der Waals surface area contributed by atoms with Crippen molar-refractivity contribution in [2.24, 2.45) is 0 Å². The van der Waals surface area contributed by atoms with Crippen LogP contribution in [0.4, 0.5) is 11.4 Å². The molecule has 1 aliphatic heterocycles. The molecular weight excluding hydrogens is 128 g/mol. The standard InChI is InChI=1S/C7H8N2O/c1-9-7-5-3-2-4-6(7)8-10-9/h2-5,8H,1H3. The summed E-state index contributed by atoms with van der Waals surface area (Å²) >= 11 is 0. The van der Waals surface area contributed by atoms with Crippen LogP contribution in [0.5, 0.6) is 0 Å². The highest BCUT2D eigenvalue weighted by Crippen LogP contribution is 2.29. The summed E-state index contributed by atoms with van der Waals surface area (Å²) < 4.78 is 0. The Hall–Kier alpha value is -1.22. The average molecular weight is 136 g/mol. The molecule has 1 aliphatic rings. The van der Waals surface area contributed by atoms with Gasteiger partial charge in [-0.05, 0) is 12.1 Å². The summed E-state index contributed by atoms with van der Waals surface area (Å²) in [5, 5.41) is 1.69. The summed E-state index contributed by atoms with van der Waals surface area (Å²) in [4.78, 5) is 5.01. The lowest BCUT2D eigenvalue weighted by Gasteiger charge is -2.05. The van der Waals surface area contributed by atoms with Gasteiger partial charge in [0, 0.05) is 7.05 Å². The van der Waals surface area contributed by atoms with Crippen LogP contribution < -0.4 is 10.5 Å². The predicted octanol–water partition coefficient (Wildman–Crippen LogP) is 1.39. The van der Waals surface area contributed by atoms with E-state index in [1.807, 2.05) is 31.3 Å². The minimum atomic E-state index is 1.02. The number of hydrogen-bond acceptors (Lipinski definition) is 3. The Labute approximate surface area is 59.1 Å². The predicted molar refractivity (Wildman–Crippen MR) is 39.6 cm³/mol. The first-order valence-electron chi connectivity index (χ1n) is 3.13. The third-order valence-electron chi connectivity index (χ3n) is 1.54. The molecule has 52 valence electrons. The minimum Gasteiger partial charge on any atom is -0.240 e. The van der Waals surface area contributed by atoms with Crippen molar-refractivity contribution in [2.45, 2.75) is 0 Å². The Balaban J connectivity index is 2.51. The molecule has 0 amide bonds. The number of para-hydroxylation sites is 2. The van der Waals surface area contributed by atoms with E-state index in [0.29, 0.717) is 0 Å². The van der Waals surface area contributed by atoms with Gasteiger partial charge in [0.05, 0.1) is 11.4 Å². The zero-order chi connectivity index (χ0) is 6.97. The molecule has 0 fully saturated rings. The number of nitrogens with zero attached hydrogens (tertiary/aromatic N) is 1. The van der Waals surface area contributed by atoms with Crippen LogP contribution >= 0.6 is 0 Å². The lowest BCUT2D eigenvalue weighted by atomic mass is 10.3. The molecule has 3 nitrogen and oxygen atoms in total. The largest absolute Gasteiger partial charge is 0.240 e. The van der Waals surface area contributed by atoms with E-state index in [0.717, 1.165) is 11.4 Å². The fraction of sp³-hybridized carbons (Fsp3) is 0.143. The number of hydrogen-bond donors (Lipinski definition) is 1.